The molecule has 0 aromatic carbocycles. The van der Waals surface area contributed by atoms with E-state index in [4.69, 9.17) is 5.11 Å². The van der Waals surface area contributed by atoms with Gasteiger partial charge in [-0.1, -0.05) is 5.21 Å². The standard InChI is InChI=1S/C13H13N5O3/c1-8-4-9(2-3-14-8)12(19)17-5-10(6-17)18-7-11(13(20)21)15-16-18/h2-4,7,10H,5-6H2,1H3,(H,20,21). The highest BCUT2D eigenvalue weighted by atomic mass is 16.4. The molecule has 1 aliphatic heterocycles. The third-order valence-corrected chi connectivity index (χ3v) is 3.40. The van der Waals surface area contributed by atoms with E-state index in [-0.39, 0.29) is 17.6 Å². The molecule has 21 heavy (non-hydrogen) atoms. The lowest BCUT2D eigenvalue weighted by molar-refractivity contribution is 0.0497. The first-order chi connectivity index (χ1) is 10.0. The Morgan fingerprint density at radius 3 is 2.76 bits per heavy atom. The van der Waals surface area contributed by atoms with Gasteiger partial charge in [-0.3, -0.25) is 9.78 Å². The molecule has 0 atom stereocenters. The number of carbonyl (C=O) groups excluding carboxylic acids is 1. The van der Waals surface area contributed by atoms with Gasteiger partial charge in [-0.25, -0.2) is 9.48 Å². The molecule has 3 rings (SSSR count). The third-order valence-electron chi connectivity index (χ3n) is 3.40. The Balaban J connectivity index is 1.65. The Bertz CT molecular complexity index is 705. The van der Waals surface area contributed by atoms with Gasteiger partial charge in [-0.15, -0.1) is 5.10 Å². The van der Waals surface area contributed by atoms with E-state index in [1.807, 2.05) is 6.92 Å². The largest absolute Gasteiger partial charge is 0.476 e. The van der Waals surface area contributed by atoms with E-state index in [2.05, 4.69) is 15.3 Å². The van der Waals surface area contributed by atoms with Gasteiger partial charge in [-0.05, 0) is 19.1 Å². The number of amides is 1. The fraction of sp³-hybridized carbons (Fsp3) is 0.308. The average Bonchev–Trinajstić information content (AvgIpc) is 2.86. The summed E-state index contributed by atoms with van der Waals surface area (Å²) in [6, 6.07) is 3.39. The van der Waals surface area contributed by atoms with Crippen LogP contribution in [0.4, 0.5) is 0 Å². The number of likely N-dealkylation sites (tertiary alicyclic amines) is 1. The predicted octanol–water partition coefficient (Wildman–Crippen LogP) is 0.377. The molecule has 0 aliphatic carbocycles. The molecule has 1 saturated heterocycles. The van der Waals surface area contributed by atoms with Crippen LogP contribution in [0, 0.1) is 6.92 Å². The highest BCUT2D eigenvalue weighted by Crippen LogP contribution is 2.22. The summed E-state index contributed by atoms with van der Waals surface area (Å²) in [5.74, 6) is -1.17. The fourth-order valence-corrected chi connectivity index (χ4v) is 2.20. The minimum atomic E-state index is -1.11. The number of nitrogens with zero attached hydrogens (tertiary/aromatic N) is 5. The molecule has 0 spiro atoms. The number of rotatable bonds is 3. The highest BCUT2D eigenvalue weighted by Gasteiger charge is 2.33. The normalized spacial score (nSPS) is 14.8. The first kappa shape index (κ1) is 13.2. The van der Waals surface area contributed by atoms with Gasteiger partial charge in [0, 0.05) is 30.5 Å². The number of aromatic nitrogens is 4. The predicted molar refractivity (Wildman–Crippen MR) is 70.9 cm³/mol. The Labute approximate surface area is 120 Å². The van der Waals surface area contributed by atoms with Crippen LogP contribution in [0.2, 0.25) is 0 Å². The minimum Gasteiger partial charge on any atom is -0.476 e. The van der Waals surface area contributed by atoms with Gasteiger partial charge in [0.25, 0.3) is 5.91 Å². The lowest BCUT2D eigenvalue weighted by Crippen LogP contribution is -2.50. The number of hydrogen-bond donors (Lipinski definition) is 1. The van der Waals surface area contributed by atoms with Crippen molar-refractivity contribution in [1.82, 2.24) is 24.9 Å². The highest BCUT2D eigenvalue weighted by molar-refractivity contribution is 5.94. The maximum absolute atomic E-state index is 12.2. The first-order valence-electron chi connectivity index (χ1n) is 6.41. The van der Waals surface area contributed by atoms with Crippen molar-refractivity contribution in [2.24, 2.45) is 0 Å². The van der Waals surface area contributed by atoms with E-state index in [0.717, 1.165) is 5.69 Å². The first-order valence-corrected chi connectivity index (χ1v) is 6.41. The number of carboxylic acid groups (broad SMARTS) is 1. The summed E-state index contributed by atoms with van der Waals surface area (Å²) in [4.78, 5) is 28.7. The van der Waals surface area contributed by atoms with Crippen LogP contribution in [0.15, 0.2) is 24.5 Å². The van der Waals surface area contributed by atoms with Crippen molar-refractivity contribution in [3.05, 3.63) is 41.5 Å². The molecule has 2 aromatic rings. The quantitative estimate of drug-likeness (QED) is 0.875. The van der Waals surface area contributed by atoms with Crippen LogP contribution in [-0.4, -0.2) is 55.0 Å². The Morgan fingerprint density at radius 1 is 1.38 bits per heavy atom. The average molecular weight is 287 g/mol. The Kier molecular flexibility index (Phi) is 3.13. The van der Waals surface area contributed by atoms with E-state index in [0.29, 0.717) is 18.7 Å². The van der Waals surface area contributed by atoms with Crippen molar-refractivity contribution in [2.75, 3.05) is 13.1 Å². The summed E-state index contributed by atoms with van der Waals surface area (Å²) in [5.41, 5.74) is 1.30. The topological polar surface area (TPSA) is 101 Å². The van der Waals surface area contributed by atoms with Crippen molar-refractivity contribution in [2.45, 2.75) is 13.0 Å². The Hall–Kier alpha value is -2.77. The summed E-state index contributed by atoms with van der Waals surface area (Å²) in [6.07, 6.45) is 2.99. The molecule has 3 heterocycles. The summed E-state index contributed by atoms with van der Waals surface area (Å²) >= 11 is 0. The molecule has 108 valence electrons. The molecule has 8 nitrogen and oxygen atoms in total. The van der Waals surface area contributed by atoms with Gasteiger partial charge < -0.3 is 10.0 Å². The van der Waals surface area contributed by atoms with E-state index in [1.165, 1.54) is 10.9 Å². The number of pyridine rings is 1. The molecule has 8 heteroatoms. The zero-order valence-corrected chi connectivity index (χ0v) is 11.3. The number of carboxylic acids is 1. The number of hydrogen-bond acceptors (Lipinski definition) is 5. The van der Waals surface area contributed by atoms with Gasteiger partial charge in [0.2, 0.25) is 0 Å². The maximum atomic E-state index is 12.2. The molecule has 0 unspecified atom stereocenters. The summed E-state index contributed by atoms with van der Waals surface area (Å²) in [6.45, 7) is 2.81. The SMILES string of the molecule is Cc1cc(C(=O)N2CC(n3cc(C(=O)O)nn3)C2)ccn1. The molecule has 1 aliphatic rings. The third kappa shape index (κ3) is 2.47. The summed E-state index contributed by atoms with van der Waals surface area (Å²) in [7, 11) is 0. The van der Waals surface area contributed by atoms with Gasteiger partial charge >= 0.3 is 5.97 Å². The molecular formula is C13H13N5O3. The smallest absolute Gasteiger partial charge is 0.358 e. The van der Waals surface area contributed by atoms with E-state index in [1.54, 1.807) is 23.2 Å². The van der Waals surface area contributed by atoms with Gasteiger partial charge in [0.15, 0.2) is 5.69 Å². The van der Waals surface area contributed by atoms with E-state index in [9.17, 15) is 9.59 Å². The molecule has 2 aromatic heterocycles. The van der Waals surface area contributed by atoms with Crippen molar-refractivity contribution >= 4 is 11.9 Å². The molecule has 0 saturated carbocycles. The molecule has 1 N–H and O–H groups in total. The van der Waals surface area contributed by atoms with Crippen molar-refractivity contribution in [1.29, 1.82) is 0 Å². The summed E-state index contributed by atoms with van der Waals surface area (Å²) in [5, 5.41) is 16.1. The lowest BCUT2D eigenvalue weighted by atomic mass is 10.1. The lowest BCUT2D eigenvalue weighted by Gasteiger charge is -2.38. The molecule has 0 radical (unpaired) electrons. The second kappa shape index (κ2) is 4.97. The fourth-order valence-electron chi connectivity index (χ4n) is 2.20. The van der Waals surface area contributed by atoms with Crippen LogP contribution in [0.1, 0.15) is 32.6 Å². The van der Waals surface area contributed by atoms with Crippen LogP contribution in [0.3, 0.4) is 0 Å². The van der Waals surface area contributed by atoms with Crippen LogP contribution in [-0.2, 0) is 0 Å². The molecule has 1 fully saturated rings. The number of carbonyl (C=O) groups is 2. The maximum Gasteiger partial charge on any atom is 0.358 e. The van der Waals surface area contributed by atoms with Crippen molar-refractivity contribution in [3.8, 4) is 0 Å². The Morgan fingerprint density at radius 2 is 2.14 bits per heavy atom. The van der Waals surface area contributed by atoms with Crippen molar-refractivity contribution in [3.63, 3.8) is 0 Å². The second-order valence-electron chi connectivity index (χ2n) is 4.94. The second-order valence-corrected chi connectivity index (χ2v) is 4.94. The zero-order valence-electron chi connectivity index (χ0n) is 11.3. The van der Waals surface area contributed by atoms with Gasteiger partial charge in [0.1, 0.15) is 0 Å². The number of aromatic carboxylic acids is 1. The van der Waals surface area contributed by atoms with Gasteiger partial charge in [0.05, 0.1) is 12.2 Å². The molecule has 1 amide bonds. The molecule has 0 bridgehead atoms. The summed E-state index contributed by atoms with van der Waals surface area (Å²) < 4.78 is 1.49. The molecular weight excluding hydrogens is 274 g/mol. The van der Waals surface area contributed by atoms with Crippen LogP contribution >= 0.6 is 0 Å². The van der Waals surface area contributed by atoms with Crippen LogP contribution in [0.25, 0.3) is 0 Å². The van der Waals surface area contributed by atoms with E-state index >= 15 is 0 Å². The van der Waals surface area contributed by atoms with E-state index < -0.39 is 5.97 Å². The zero-order chi connectivity index (χ0) is 15.0. The van der Waals surface area contributed by atoms with Crippen molar-refractivity contribution < 1.29 is 14.7 Å². The minimum absolute atomic E-state index is 0.0301. The van der Waals surface area contributed by atoms with Gasteiger partial charge in [-0.2, -0.15) is 0 Å². The van der Waals surface area contributed by atoms with Crippen LogP contribution in [0.5, 0.6) is 0 Å². The monoisotopic (exact) mass is 287 g/mol. The van der Waals surface area contributed by atoms with Crippen LogP contribution < -0.4 is 0 Å². The number of aryl methyl sites for hydroxylation is 1.